The van der Waals surface area contributed by atoms with Gasteiger partial charge in [0, 0.05) is 0 Å². The molecule has 1 nitrogen and oxygen atoms in total. The molecule has 0 saturated heterocycles. The number of terminal acetylenes is 1. The molecular weight excluding hydrogens is 182 g/mol. The summed E-state index contributed by atoms with van der Waals surface area (Å²) in [5.41, 5.74) is 0. The number of nitrogens with one attached hydrogen (secondary N) is 1. The van der Waals surface area contributed by atoms with E-state index in [0.717, 1.165) is 36.1 Å². The summed E-state index contributed by atoms with van der Waals surface area (Å²) < 4.78 is 0. The van der Waals surface area contributed by atoms with Gasteiger partial charge in [-0.05, 0) is 61.8 Å². The lowest BCUT2D eigenvalue weighted by Gasteiger charge is -2.16. The molecule has 3 rings (SSSR count). The summed E-state index contributed by atoms with van der Waals surface area (Å²) in [6.45, 7) is 3.29. The van der Waals surface area contributed by atoms with Crippen molar-refractivity contribution in [2.45, 2.75) is 38.6 Å². The maximum absolute atomic E-state index is 5.66. The van der Waals surface area contributed by atoms with Crippen molar-refractivity contribution in [3.63, 3.8) is 0 Å². The van der Waals surface area contributed by atoms with Gasteiger partial charge in [-0.15, -0.1) is 6.42 Å². The Morgan fingerprint density at radius 2 is 2.00 bits per heavy atom. The minimum Gasteiger partial charge on any atom is -0.303 e. The average Bonchev–Trinajstić information content (AvgIpc) is 2.70. The maximum atomic E-state index is 5.66. The van der Waals surface area contributed by atoms with Crippen LogP contribution in [0.4, 0.5) is 0 Å². The van der Waals surface area contributed by atoms with Crippen molar-refractivity contribution in [3.05, 3.63) is 0 Å². The minimum absolute atomic E-state index is 0.378. The van der Waals surface area contributed by atoms with E-state index in [9.17, 15) is 0 Å². The molecule has 3 aliphatic carbocycles. The number of hydrogen-bond donors (Lipinski definition) is 1. The Morgan fingerprint density at radius 1 is 1.33 bits per heavy atom. The molecule has 5 unspecified atom stereocenters. The van der Waals surface area contributed by atoms with Crippen LogP contribution in [0.15, 0.2) is 0 Å². The highest BCUT2D eigenvalue weighted by Crippen LogP contribution is 2.70. The second-order valence-electron chi connectivity index (χ2n) is 5.66. The third-order valence-electron chi connectivity index (χ3n) is 4.97. The predicted molar refractivity (Wildman–Crippen MR) is 62.2 cm³/mol. The Morgan fingerprint density at radius 3 is 2.53 bits per heavy atom. The lowest BCUT2D eigenvalue weighted by molar-refractivity contribution is 0.408. The first kappa shape index (κ1) is 9.73. The molecule has 3 aliphatic rings. The van der Waals surface area contributed by atoms with Crippen LogP contribution in [0.1, 0.15) is 32.6 Å². The lowest BCUT2D eigenvalue weighted by Crippen LogP contribution is -2.32. The summed E-state index contributed by atoms with van der Waals surface area (Å²) in [7, 11) is 0. The zero-order valence-electron chi connectivity index (χ0n) is 9.58. The van der Waals surface area contributed by atoms with Gasteiger partial charge in [0.25, 0.3) is 0 Å². The van der Waals surface area contributed by atoms with E-state index < -0.39 is 0 Å². The Hall–Kier alpha value is -0.480. The van der Waals surface area contributed by atoms with E-state index >= 15 is 0 Å². The Kier molecular flexibility index (Phi) is 2.29. The van der Waals surface area contributed by atoms with Gasteiger partial charge < -0.3 is 5.32 Å². The normalized spacial score (nSPS) is 47.3. The van der Waals surface area contributed by atoms with E-state index in [0.29, 0.717) is 6.04 Å². The van der Waals surface area contributed by atoms with Gasteiger partial charge in [-0.25, -0.2) is 0 Å². The first-order valence-corrected chi connectivity index (χ1v) is 6.56. The molecule has 0 aromatic carbocycles. The van der Waals surface area contributed by atoms with Gasteiger partial charge in [-0.1, -0.05) is 12.8 Å². The molecule has 0 aromatic rings. The van der Waals surface area contributed by atoms with Gasteiger partial charge in [-0.2, -0.15) is 0 Å². The minimum atomic E-state index is 0.378. The van der Waals surface area contributed by atoms with Crippen LogP contribution in [-0.2, 0) is 0 Å². The molecule has 3 saturated carbocycles. The Balaban J connectivity index is 1.63. The van der Waals surface area contributed by atoms with E-state index in [1.807, 2.05) is 0 Å². The molecule has 0 radical (unpaired) electrons. The van der Waals surface area contributed by atoms with Gasteiger partial charge in [-0.3, -0.25) is 0 Å². The molecule has 0 aliphatic heterocycles. The van der Waals surface area contributed by atoms with Crippen LogP contribution in [0.2, 0.25) is 0 Å². The summed E-state index contributed by atoms with van der Waals surface area (Å²) in [6.07, 6.45) is 11.4. The molecule has 0 heterocycles. The molecule has 1 N–H and O–H groups in total. The van der Waals surface area contributed by atoms with Crippen LogP contribution in [0, 0.1) is 41.9 Å². The van der Waals surface area contributed by atoms with E-state index in [1.165, 1.54) is 25.7 Å². The van der Waals surface area contributed by atoms with Crippen LogP contribution in [0.3, 0.4) is 0 Å². The standard InChI is InChI=1S/C14H21N/c1-3-7-15-11(4-2)14-12-9-5-6-10(8-9)13(12)14/h2,9-15H,3,5-8H2,1H3. The van der Waals surface area contributed by atoms with Gasteiger partial charge >= 0.3 is 0 Å². The fourth-order valence-corrected chi connectivity index (χ4v) is 4.44. The Bertz CT molecular complexity index is 274. The highest BCUT2D eigenvalue weighted by molar-refractivity contribution is 5.21. The van der Waals surface area contributed by atoms with Crippen LogP contribution in [0.5, 0.6) is 0 Å². The molecule has 15 heavy (non-hydrogen) atoms. The summed E-state index contributed by atoms with van der Waals surface area (Å²) in [5, 5.41) is 3.54. The topological polar surface area (TPSA) is 12.0 Å². The van der Waals surface area contributed by atoms with Crippen LogP contribution < -0.4 is 5.32 Å². The quantitative estimate of drug-likeness (QED) is 0.691. The molecule has 0 aromatic heterocycles. The van der Waals surface area contributed by atoms with E-state index in [-0.39, 0.29) is 0 Å². The number of rotatable bonds is 4. The van der Waals surface area contributed by atoms with Crippen molar-refractivity contribution >= 4 is 0 Å². The molecule has 1 heteroatoms. The molecule has 0 amide bonds. The van der Waals surface area contributed by atoms with Crippen LogP contribution >= 0.6 is 0 Å². The molecular formula is C14H21N. The summed E-state index contributed by atoms with van der Waals surface area (Å²) in [5.74, 6) is 7.93. The van der Waals surface area contributed by atoms with Crippen molar-refractivity contribution in [2.24, 2.45) is 29.6 Å². The third kappa shape index (κ3) is 1.35. The average molecular weight is 203 g/mol. The van der Waals surface area contributed by atoms with E-state index in [2.05, 4.69) is 18.2 Å². The fourth-order valence-electron chi connectivity index (χ4n) is 4.44. The largest absolute Gasteiger partial charge is 0.303 e. The predicted octanol–water partition coefficient (Wildman–Crippen LogP) is 2.28. The van der Waals surface area contributed by atoms with Crippen molar-refractivity contribution in [3.8, 4) is 12.3 Å². The summed E-state index contributed by atoms with van der Waals surface area (Å²) in [4.78, 5) is 0. The number of fused-ring (bicyclic) bond motifs is 5. The third-order valence-corrected chi connectivity index (χ3v) is 4.97. The lowest BCUT2D eigenvalue weighted by atomic mass is 9.97. The molecule has 3 fully saturated rings. The van der Waals surface area contributed by atoms with Crippen LogP contribution in [-0.4, -0.2) is 12.6 Å². The first-order valence-electron chi connectivity index (χ1n) is 6.56. The van der Waals surface area contributed by atoms with Crippen molar-refractivity contribution in [1.82, 2.24) is 5.32 Å². The zero-order valence-corrected chi connectivity index (χ0v) is 9.58. The van der Waals surface area contributed by atoms with E-state index in [4.69, 9.17) is 6.42 Å². The molecule has 0 spiro atoms. The maximum Gasteiger partial charge on any atom is 0.0721 e. The molecule has 82 valence electrons. The fraction of sp³-hybridized carbons (Fsp3) is 0.857. The summed E-state index contributed by atoms with van der Waals surface area (Å²) in [6, 6.07) is 0.378. The Labute approximate surface area is 93.0 Å². The van der Waals surface area contributed by atoms with Crippen molar-refractivity contribution < 1.29 is 0 Å². The van der Waals surface area contributed by atoms with Gasteiger partial charge in [0.1, 0.15) is 0 Å². The van der Waals surface area contributed by atoms with Crippen molar-refractivity contribution in [1.29, 1.82) is 0 Å². The number of hydrogen-bond acceptors (Lipinski definition) is 1. The SMILES string of the molecule is C#CC(NCCC)C1C2C3CCC(C3)C21. The molecule has 2 bridgehead atoms. The monoisotopic (exact) mass is 203 g/mol. The van der Waals surface area contributed by atoms with Crippen molar-refractivity contribution in [2.75, 3.05) is 6.54 Å². The van der Waals surface area contributed by atoms with Gasteiger partial charge in [0.2, 0.25) is 0 Å². The zero-order chi connectivity index (χ0) is 10.4. The first-order chi connectivity index (χ1) is 7.36. The summed E-state index contributed by atoms with van der Waals surface area (Å²) >= 11 is 0. The second kappa shape index (κ2) is 3.52. The van der Waals surface area contributed by atoms with Crippen LogP contribution in [0.25, 0.3) is 0 Å². The van der Waals surface area contributed by atoms with E-state index in [1.54, 1.807) is 0 Å². The highest BCUT2D eigenvalue weighted by Gasteiger charge is 2.66. The molecule has 5 atom stereocenters. The van der Waals surface area contributed by atoms with Gasteiger partial charge in [0.05, 0.1) is 6.04 Å². The highest BCUT2D eigenvalue weighted by atomic mass is 14.9. The smallest absolute Gasteiger partial charge is 0.0721 e. The second-order valence-corrected chi connectivity index (χ2v) is 5.66. The van der Waals surface area contributed by atoms with Gasteiger partial charge in [0.15, 0.2) is 0 Å².